The Labute approximate surface area is 549 Å². The number of benzene rings is 4. The van der Waals surface area contributed by atoms with Crippen molar-refractivity contribution in [2.24, 2.45) is 0 Å². The lowest BCUT2D eigenvalue weighted by Crippen LogP contribution is -2.12. The van der Waals surface area contributed by atoms with Crippen LogP contribution in [0.25, 0.3) is 33.4 Å². The lowest BCUT2D eigenvalue weighted by Gasteiger charge is -2.27. The van der Waals surface area contributed by atoms with Crippen LogP contribution >= 0.6 is 0 Å². The van der Waals surface area contributed by atoms with E-state index in [1.807, 2.05) is 20.8 Å². The van der Waals surface area contributed by atoms with Crippen LogP contribution < -0.4 is 28.4 Å². The van der Waals surface area contributed by atoms with Crippen molar-refractivity contribution < 1.29 is 114 Å². The molecule has 24 nitrogen and oxygen atoms in total. The van der Waals surface area contributed by atoms with Crippen LogP contribution in [-0.4, -0.2) is 240 Å². The second-order valence-corrected chi connectivity index (χ2v) is 20.8. The minimum atomic E-state index is -0.647. The van der Waals surface area contributed by atoms with Gasteiger partial charge >= 0.3 is 17.9 Å². The minimum absolute atomic E-state index is 0.141. The molecule has 0 fully saturated rings. The monoisotopic (exact) mass is 1310 g/mol. The maximum Gasteiger partial charge on any atom is 0.341 e. The van der Waals surface area contributed by atoms with Gasteiger partial charge in [-0.3, -0.25) is 0 Å². The fourth-order valence-corrected chi connectivity index (χ4v) is 9.89. The van der Waals surface area contributed by atoms with E-state index in [4.69, 9.17) is 99.5 Å². The molecule has 0 atom stereocenters. The molecule has 0 aromatic heterocycles. The summed E-state index contributed by atoms with van der Waals surface area (Å²) < 4.78 is 119. The van der Waals surface area contributed by atoms with Crippen molar-refractivity contribution in [3.05, 3.63) is 69.8 Å². The fraction of sp³-hybridized carbons (Fsp3) is 0.609. The van der Waals surface area contributed by atoms with E-state index < -0.39 is 17.9 Å². The first-order chi connectivity index (χ1) is 45.4. The summed E-state index contributed by atoms with van der Waals surface area (Å²) in [5.41, 5.74) is 5.91. The summed E-state index contributed by atoms with van der Waals surface area (Å²) in [6.45, 7) is 16.5. The van der Waals surface area contributed by atoms with Gasteiger partial charge in [0.2, 0.25) is 0 Å². The average molecular weight is 1320 g/mol. The van der Waals surface area contributed by atoms with Gasteiger partial charge in [-0.15, -0.1) is 0 Å². The molecular weight excluding hydrogens is 1210 g/mol. The van der Waals surface area contributed by atoms with Crippen LogP contribution in [0.5, 0.6) is 34.5 Å². The highest BCUT2D eigenvalue weighted by Gasteiger charge is 2.31. The summed E-state index contributed by atoms with van der Waals surface area (Å²) in [5, 5.41) is 0. The number of methoxy groups -OCH3 is 9. The molecule has 0 aliphatic heterocycles. The van der Waals surface area contributed by atoms with Gasteiger partial charge in [-0.1, -0.05) is 0 Å². The van der Waals surface area contributed by atoms with Gasteiger partial charge in [0.15, 0.2) is 0 Å². The van der Waals surface area contributed by atoms with E-state index >= 15 is 0 Å². The lowest BCUT2D eigenvalue weighted by molar-refractivity contribution is 0.00304. The van der Waals surface area contributed by atoms with Gasteiger partial charge in [-0.05, 0) is 111 Å². The van der Waals surface area contributed by atoms with Gasteiger partial charge in [-0.2, -0.15) is 0 Å². The first kappa shape index (κ1) is 79.1. The number of ether oxygens (including phenoxy) is 21. The smallest absolute Gasteiger partial charge is 0.341 e. The molecular formula is C69H102O24. The minimum Gasteiger partial charge on any atom is -0.496 e. The van der Waals surface area contributed by atoms with Crippen LogP contribution in [0.2, 0.25) is 0 Å². The van der Waals surface area contributed by atoms with Crippen molar-refractivity contribution in [1.82, 2.24) is 0 Å². The molecule has 0 saturated heterocycles. The fourth-order valence-electron chi connectivity index (χ4n) is 9.89. The van der Waals surface area contributed by atoms with Crippen molar-refractivity contribution in [1.29, 1.82) is 0 Å². The van der Waals surface area contributed by atoms with Crippen molar-refractivity contribution in [3.8, 4) is 67.9 Å². The first-order valence-electron chi connectivity index (χ1n) is 31.5. The molecule has 24 heteroatoms. The van der Waals surface area contributed by atoms with E-state index in [0.29, 0.717) is 245 Å². The summed E-state index contributed by atoms with van der Waals surface area (Å²) in [7, 11) is 13.4. The van der Waals surface area contributed by atoms with E-state index in [9.17, 15) is 14.4 Å². The molecule has 0 saturated carbocycles. The second kappa shape index (κ2) is 47.5. The number of hydrogen-bond acceptors (Lipinski definition) is 24. The van der Waals surface area contributed by atoms with Crippen LogP contribution in [0.15, 0.2) is 36.4 Å². The summed E-state index contributed by atoms with van der Waals surface area (Å²) in [4.78, 5) is 41.8. The van der Waals surface area contributed by atoms with Gasteiger partial charge < -0.3 is 99.5 Å². The lowest BCUT2D eigenvalue weighted by atomic mass is 9.79. The molecule has 0 N–H and O–H groups in total. The topological polar surface area (TPSA) is 245 Å². The molecule has 0 bridgehead atoms. The largest absolute Gasteiger partial charge is 0.496 e. The third kappa shape index (κ3) is 26.7. The molecule has 0 amide bonds. The van der Waals surface area contributed by atoms with Crippen molar-refractivity contribution in [2.45, 2.75) is 59.3 Å². The summed E-state index contributed by atoms with van der Waals surface area (Å²) in [5.74, 6) is -0.107. The van der Waals surface area contributed by atoms with E-state index in [1.165, 1.54) is 42.7 Å². The highest BCUT2D eigenvalue weighted by molar-refractivity contribution is 6.02. The second-order valence-electron chi connectivity index (χ2n) is 20.8. The number of carbonyl (C=O) groups is 3. The van der Waals surface area contributed by atoms with Crippen LogP contribution in [0.4, 0.5) is 0 Å². The summed E-state index contributed by atoms with van der Waals surface area (Å²) >= 11 is 0. The number of unbranched alkanes of at least 4 members (excludes halogenated alkanes) is 3. The maximum atomic E-state index is 13.9. The van der Waals surface area contributed by atoms with Gasteiger partial charge in [0.1, 0.15) is 51.2 Å². The normalized spacial score (nSPS) is 11.2. The molecule has 0 radical (unpaired) electrons. The quantitative estimate of drug-likeness (QED) is 0.0227. The molecule has 0 unspecified atom stereocenters. The highest BCUT2D eigenvalue weighted by Crippen LogP contribution is 2.52. The SMILES string of the molecule is COCCOCCOCCOCCCCOc1cc(OC)c(-c2c(C)c(-c3cc(C(=O)OC)c(OCCCCOCCOCCOCCOC)cc3OC)c(C)c(-c3cc(C(=O)OC)c(OCCCCOCCOCCOCCOC)cc3OC)c2C)cc1C(=O)OC. The van der Waals surface area contributed by atoms with Crippen LogP contribution in [0.3, 0.4) is 0 Å². The predicted molar refractivity (Wildman–Crippen MR) is 348 cm³/mol. The van der Waals surface area contributed by atoms with Gasteiger partial charge in [-0.25, -0.2) is 14.4 Å². The first-order valence-corrected chi connectivity index (χ1v) is 31.5. The van der Waals surface area contributed by atoms with Crippen molar-refractivity contribution in [3.63, 3.8) is 0 Å². The zero-order chi connectivity index (χ0) is 67.4. The Balaban J connectivity index is 1.76. The van der Waals surface area contributed by atoms with Crippen LogP contribution in [0, 0.1) is 20.8 Å². The molecule has 0 heterocycles. The zero-order valence-corrected chi connectivity index (χ0v) is 57.0. The Hall–Kier alpha value is -6.39. The third-order valence-corrected chi connectivity index (χ3v) is 14.5. The Morgan fingerprint density at radius 2 is 0.462 bits per heavy atom. The molecule has 0 aliphatic carbocycles. The third-order valence-electron chi connectivity index (χ3n) is 14.5. The molecule has 522 valence electrons. The molecule has 0 aliphatic rings. The van der Waals surface area contributed by atoms with E-state index in [0.717, 1.165) is 0 Å². The Kier molecular flexibility index (Phi) is 40.4. The molecule has 0 spiro atoms. The number of carbonyl (C=O) groups excluding carboxylic acids is 3. The van der Waals surface area contributed by atoms with Gasteiger partial charge in [0.05, 0.1) is 181 Å². The van der Waals surface area contributed by atoms with Crippen molar-refractivity contribution in [2.75, 3.05) is 223 Å². The van der Waals surface area contributed by atoms with E-state index in [2.05, 4.69) is 0 Å². The number of rotatable bonds is 54. The molecule has 4 aromatic carbocycles. The highest BCUT2D eigenvalue weighted by atomic mass is 16.6. The van der Waals surface area contributed by atoms with Crippen LogP contribution in [-0.2, 0) is 71.1 Å². The summed E-state index contributed by atoms with van der Waals surface area (Å²) in [6, 6.07) is 10.1. The number of esters is 3. The number of hydrogen-bond donors (Lipinski definition) is 0. The Morgan fingerprint density at radius 3 is 0.667 bits per heavy atom. The van der Waals surface area contributed by atoms with Crippen molar-refractivity contribution >= 4 is 17.9 Å². The van der Waals surface area contributed by atoms with Crippen LogP contribution in [0.1, 0.15) is 86.3 Å². The maximum absolute atomic E-state index is 13.9. The standard InChI is InChI=1S/C69H102O24/c1-49-64(52-43-55(67(70)79-10)61(46-58(52)76-7)91-22-16-13-19-82-31-34-88-40-37-85-28-25-73-4)50(2)66(54-45-57(69(72)81-12)63(48-60(54)78-9)93-24-18-15-21-84-33-36-90-42-39-87-30-27-75-6)51(3)65(49)53-44-56(68(71)80-11)62(47-59(53)77-8)92-23-17-14-20-83-32-35-89-41-38-86-29-26-74-5/h43-48H,13-42H2,1-12H3. The van der Waals surface area contributed by atoms with Gasteiger partial charge in [0, 0.05) is 76.0 Å². The molecule has 4 aromatic rings. The summed E-state index contributed by atoms with van der Waals surface area (Å²) in [6.07, 6.45) is 3.87. The molecule has 4 rings (SSSR count). The zero-order valence-electron chi connectivity index (χ0n) is 57.0. The average Bonchev–Trinajstić information content (AvgIpc) is 0.733. The Morgan fingerprint density at radius 1 is 0.258 bits per heavy atom. The van der Waals surface area contributed by atoms with E-state index in [-0.39, 0.29) is 53.8 Å². The molecule has 93 heavy (non-hydrogen) atoms. The predicted octanol–water partition coefficient (Wildman–Crippen LogP) is 9.56. The van der Waals surface area contributed by atoms with E-state index in [1.54, 1.807) is 57.7 Å². The Bertz CT molecular complexity index is 2470. The van der Waals surface area contributed by atoms with Gasteiger partial charge in [0.25, 0.3) is 0 Å².